The van der Waals surface area contributed by atoms with Gasteiger partial charge in [0.15, 0.2) is 0 Å². The first-order chi connectivity index (χ1) is 16.1. The molecule has 1 saturated carbocycles. The number of fused-ring (bicyclic) bond motifs is 1. The summed E-state index contributed by atoms with van der Waals surface area (Å²) in [6.07, 6.45) is 2.95. The van der Waals surface area contributed by atoms with Gasteiger partial charge in [0.1, 0.15) is 11.5 Å². The van der Waals surface area contributed by atoms with E-state index in [0.717, 1.165) is 30.2 Å². The second-order valence-corrected chi connectivity index (χ2v) is 8.42. The maximum atomic E-state index is 14.4. The van der Waals surface area contributed by atoms with Gasteiger partial charge in [-0.3, -0.25) is 9.59 Å². The molecule has 0 unspecified atom stereocenters. The highest BCUT2D eigenvalue weighted by Gasteiger charge is 2.25. The van der Waals surface area contributed by atoms with E-state index >= 15 is 0 Å². The Kier molecular flexibility index (Phi) is 5.65. The Morgan fingerprint density at radius 1 is 0.879 bits per heavy atom. The summed E-state index contributed by atoms with van der Waals surface area (Å²) in [5.41, 5.74) is 3.07. The lowest BCUT2D eigenvalue weighted by Crippen LogP contribution is -2.27. The second-order valence-electron chi connectivity index (χ2n) is 8.42. The fraction of sp³-hybridized carbons (Fsp3) is 0.185. The van der Waals surface area contributed by atoms with E-state index in [4.69, 9.17) is 0 Å². The molecule has 6 heteroatoms. The van der Waals surface area contributed by atoms with Crippen LogP contribution in [0, 0.1) is 11.7 Å². The molecule has 1 heterocycles. The highest BCUT2D eigenvalue weighted by Crippen LogP contribution is 2.29. The van der Waals surface area contributed by atoms with E-state index in [0.29, 0.717) is 22.6 Å². The number of nitrogens with one attached hydrogen (secondary N) is 2. The van der Waals surface area contributed by atoms with Crippen LogP contribution in [0.2, 0.25) is 0 Å². The van der Waals surface area contributed by atoms with Crippen molar-refractivity contribution >= 4 is 34.1 Å². The maximum Gasteiger partial charge on any atom is 0.272 e. The first-order valence-electron chi connectivity index (χ1n) is 11.1. The van der Waals surface area contributed by atoms with E-state index in [-0.39, 0.29) is 30.1 Å². The Morgan fingerprint density at radius 3 is 2.36 bits per heavy atom. The van der Waals surface area contributed by atoms with Gasteiger partial charge >= 0.3 is 0 Å². The first-order valence-corrected chi connectivity index (χ1v) is 11.1. The Morgan fingerprint density at radius 2 is 1.64 bits per heavy atom. The van der Waals surface area contributed by atoms with Gasteiger partial charge in [-0.1, -0.05) is 42.8 Å². The Hall–Kier alpha value is -3.93. The molecule has 0 spiro atoms. The van der Waals surface area contributed by atoms with Crippen LogP contribution in [0.15, 0.2) is 78.9 Å². The molecule has 1 aliphatic carbocycles. The second kappa shape index (κ2) is 8.90. The number of hydrogen-bond donors (Lipinski definition) is 2. The van der Waals surface area contributed by atoms with Gasteiger partial charge in [-0.05, 0) is 55.3 Å². The number of amides is 2. The molecule has 1 fully saturated rings. The zero-order chi connectivity index (χ0) is 22.8. The molecule has 166 valence electrons. The van der Waals surface area contributed by atoms with Crippen molar-refractivity contribution in [3.05, 3.63) is 95.9 Å². The Bertz CT molecular complexity index is 1330. The Balaban J connectivity index is 1.51. The fourth-order valence-corrected chi connectivity index (χ4v) is 4.14. The average molecular weight is 442 g/mol. The molecular formula is C27H24FN3O2. The normalized spacial score (nSPS) is 13.5. The number of rotatable bonds is 6. The maximum absolute atomic E-state index is 14.4. The summed E-state index contributed by atoms with van der Waals surface area (Å²) >= 11 is 0. The van der Waals surface area contributed by atoms with Crippen LogP contribution in [-0.4, -0.2) is 16.4 Å². The molecule has 0 bridgehead atoms. The van der Waals surface area contributed by atoms with E-state index in [1.54, 1.807) is 24.3 Å². The van der Waals surface area contributed by atoms with Gasteiger partial charge in [0.25, 0.3) is 5.91 Å². The van der Waals surface area contributed by atoms with Crippen molar-refractivity contribution in [2.75, 3.05) is 10.6 Å². The zero-order valence-corrected chi connectivity index (χ0v) is 18.1. The quantitative estimate of drug-likeness (QED) is 0.396. The number of hydrogen-bond acceptors (Lipinski definition) is 2. The van der Waals surface area contributed by atoms with Crippen LogP contribution in [0.5, 0.6) is 0 Å². The number of aromatic nitrogens is 1. The van der Waals surface area contributed by atoms with Crippen molar-refractivity contribution < 1.29 is 14.0 Å². The third-order valence-electron chi connectivity index (χ3n) is 6.20. The number of benzene rings is 3. The summed E-state index contributed by atoms with van der Waals surface area (Å²) in [7, 11) is 0. The number of halogens is 1. The van der Waals surface area contributed by atoms with Crippen molar-refractivity contribution in [3.8, 4) is 0 Å². The predicted molar refractivity (Wildman–Crippen MR) is 128 cm³/mol. The summed E-state index contributed by atoms with van der Waals surface area (Å²) in [4.78, 5) is 25.6. The number of para-hydroxylation sites is 1. The molecule has 5 nitrogen and oxygen atoms in total. The van der Waals surface area contributed by atoms with Crippen molar-refractivity contribution in [2.24, 2.45) is 5.92 Å². The topological polar surface area (TPSA) is 63.1 Å². The van der Waals surface area contributed by atoms with Crippen LogP contribution in [0.4, 0.5) is 15.8 Å². The van der Waals surface area contributed by atoms with E-state index in [9.17, 15) is 14.0 Å². The number of carbonyl (C=O) groups is 2. The van der Waals surface area contributed by atoms with Gasteiger partial charge in [0.2, 0.25) is 5.91 Å². The molecule has 0 aliphatic heterocycles. The molecule has 1 aliphatic rings. The monoisotopic (exact) mass is 441 g/mol. The van der Waals surface area contributed by atoms with Gasteiger partial charge in [-0.15, -0.1) is 0 Å². The minimum atomic E-state index is -0.321. The lowest BCUT2D eigenvalue weighted by atomic mass is 9.85. The summed E-state index contributed by atoms with van der Waals surface area (Å²) in [5.74, 6) is -0.487. The van der Waals surface area contributed by atoms with Gasteiger partial charge in [-0.25, -0.2) is 4.39 Å². The van der Waals surface area contributed by atoms with Gasteiger partial charge in [0.05, 0.1) is 6.54 Å². The molecule has 1 aromatic heterocycles. The fourth-order valence-electron chi connectivity index (χ4n) is 4.14. The van der Waals surface area contributed by atoms with E-state index in [1.807, 2.05) is 53.1 Å². The summed E-state index contributed by atoms with van der Waals surface area (Å²) < 4.78 is 16.2. The van der Waals surface area contributed by atoms with Crippen molar-refractivity contribution in [2.45, 2.75) is 25.8 Å². The largest absolute Gasteiger partial charge is 0.332 e. The third kappa shape index (κ3) is 4.37. The molecule has 0 radical (unpaired) electrons. The predicted octanol–water partition coefficient (Wildman–Crippen LogP) is 5.82. The number of carbonyl (C=O) groups excluding carboxylic acids is 2. The molecule has 33 heavy (non-hydrogen) atoms. The molecule has 3 aromatic carbocycles. The minimum Gasteiger partial charge on any atom is -0.332 e. The molecule has 5 rings (SSSR count). The number of nitrogens with zero attached hydrogens (tertiary/aromatic N) is 1. The van der Waals surface area contributed by atoms with Crippen molar-refractivity contribution in [1.29, 1.82) is 0 Å². The molecule has 2 N–H and O–H groups in total. The summed E-state index contributed by atoms with van der Waals surface area (Å²) in [6.45, 7) is 0.210. The van der Waals surface area contributed by atoms with E-state index in [2.05, 4.69) is 10.6 Å². The lowest BCUT2D eigenvalue weighted by molar-refractivity contribution is -0.122. The lowest BCUT2D eigenvalue weighted by Gasteiger charge is -2.24. The minimum absolute atomic E-state index is 0.0356. The smallest absolute Gasteiger partial charge is 0.272 e. The number of anilines is 2. The van der Waals surface area contributed by atoms with Crippen LogP contribution in [0.1, 0.15) is 35.3 Å². The molecule has 0 saturated heterocycles. The molecular weight excluding hydrogens is 417 g/mol. The van der Waals surface area contributed by atoms with E-state index in [1.165, 1.54) is 6.07 Å². The highest BCUT2D eigenvalue weighted by molar-refractivity contribution is 6.07. The van der Waals surface area contributed by atoms with Crippen LogP contribution in [0.25, 0.3) is 10.9 Å². The standard InChI is InChI=1S/C27H24FN3O2/c28-23-12-5-4-7-19(23)17-31-24-14-13-22(30-26(32)18-8-6-9-18)15-20(24)16-25(31)27(33)29-21-10-2-1-3-11-21/h1-5,7,10-16,18H,6,8-9,17H2,(H,29,33)(H,30,32). The zero-order valence-electron chi connectivity index (χ0n) is 18.1. The average Bonchev–Trinajstić information content (AvgIpc) is 3.12. The van der Waals surface area contributed by atoms with E-state index < -0.39 is 0 Å². The summed E-state index contributed by atoms with van der Waals surface area (Å²) in [5, 5.41) is 6.70. The third-order valence-corrected chi connectivity index (χ3v) is 6.20. The SMILES string of the molecule is O=C(Nc1ccccc1)c1cc2cc(NC(=O)C3CCC3)ccc2n1Cc1ccccc1F. The Labute approximate surface area is 191 Å². The van der Waals surface area contributed by atoms with Crippen LogP contribution >= 0.6 is 0 Å². The molecule has 4 aromatic rings. The highest BCUT2D eigenvalue weighted by atomic mass is 19.1. The van der Waals surface area contributed by atoms with Crippen LogP contribution in [0.3, 0.4) is 0 Å². The van der Waals surface area contributed by atoms with Gasteiger partial charge in [0, 0.05) is 33.8 Å². The van der Waals surface area contributed by atoms with Crippen molar-refractivity contribution in [1.82, 2.24) is 4.57 Å². The van der Waals surface area contributed by atoms with Crippen LogP contribution in [-0.2, 0) is 11.3 Å². The summed E-state index contributed by atoms with van der Waals surface area (Å²) in [6, 6.07) is 23.1. The van der Waals surface area contributed by atoms with Crippen LogP contribution < -0.4 is 10.6 Å². The van der Waals surface area contributed by atoms with Gasteiger partial charge in [-0.2, -0.15) is 0 Å². The first kappa shape index (κ1) is 20.9. The van der Waals surface area contributed by atoms with Crippen molar-refractivity contribution in [3.63, 3.8) is 0 Å². The van der Waals surface area contributed by atoms with Gasteiger partial charge < -0.3 is 15.2 Å². The molecule has 2 amide bonds. The molecule has 0 atom stereocenters.